The van der Waals surface area contributed by atoms with Crippen molar-refractivity contribution in [3.63, 3.8) is 0 Å². The van der Waals surface area contributed by atoms with Gasteiger partial charge in [0.15, 0.2) is 0 Å². The van der Waals surface area contributed by atoms with Gasteiger partial charge < -0.3 is 4.57 Å². The molecular weight excluding hydrogens is 215 g/mol. The Morgan fingerprint density at radius 1 is 1.13 bits per heavy atom. The van der Waals surface area contributed by atoms with Gasteiger partial charge >= 0.3 is 0 Å². The molecule has 15 heavy (non-hydrogen) atoms. The highest BCUT2D eigenvalue weighted by Gasteiger charge is 2.20. The summed E-state index contributed by atoms with van der Waals surface area (Å²) in [5, 5.41) is 0.226. The van der Waals surface area contributed by atoms with Gasteiger partial charge in [-0.3, -0.25) is 0 Å². The fourth-order valence-corrected chi connectivity index (χ4v) is 1.97. The van der Waals surface area contributed by atoms with Crippen LogP contribution in [0.2, 0.25) is 0 Å². The molecule has 76 valence electrons. The van der Waals surface area contributed by atoms with Crippen molar-refractivity contribution in [2.45, 2.75) is 6.92 Å². The zero-order valence-electron chi connectivity index (χ0n) is 7.85. The van der Waals surface area contributed by atoms with Crippen LogP contribution in [0.4, 0.5) is 0 Å². The Kier molecular flexibility index (Phi) is 3.37. The predicted molar refractivity (Wildman–Crippen MR) is 56.7 cm³/mol. The lowest BCUT2D eigenvalue weighted by molar-refractivity contribution is 0.582. The third kappa shape index (κ3) is 2.51. The van der Waals surface area contributed by atoms with Gasteiger partial charge in [-0.2, -0.15) is 0 Å². The van der Waals surface area contributed by atoms with Crippen LogP contribution in [0.1, 0.15) is 5.56 Å². The summed E-state index contributed by atoms with van der Waals surface area (Å²) < 4.78 is 11.9. The molecule has 0 bridgehead atoms. The fraction of sp³-hybridized carbons (Fsp3) is 0.143. The van der Waals surface area contributed by atoms with E-state index >= 15 is 0 Å². The van der Waals surface area contributed by atoms with Crippen molar-refractivity contribution in [3.8, 4) is 0 Å². The Morgan fingerprint density at radius 3 is 2.00 bits per heavy atom. The van der Waals surface area contributed by atoms with Gasteiger partial charge in [0.1, 0.15) is 0 Å². The van der Waals surface area contributed by atoms with Crippen LogP contribution in [-0.4, -0.2) is 0 Å². The van der Waals surface area contributed by atoms with Gasteiger partial charge in [-0.1, -0.05) is 29.8 Å². The molecule has 0 amide bonds. The van der Waals surface area contributed by atoms with Crippen molar-refractivity contribution in [2.75, 3.05) is 0 Å². The summed E-state index contributed by atoms with van der Waals surface area (Å²) in [5.74, 6) is 0. The standard InChI is InChI=1S/C7H7N6OP/c1-6-2-4-7(5-3-6)15(14,12-10-8)13-11-9/h2-5H,1H3. The number of hydrogen-bond donors (Lipinski definition) is 0. The van der Waals surface area contributed by atoms with Gasteiger partial charge in [-0.25, -0.2) is 0 Å². The van der Waals surface area contributed by atoms with E-state index in [0.717, 1.165) is 5.56 Å². The summed E-state index contributed by atoms with van der Waals surface area (Å²) >= 11 is 0. The van der Waals surface area contributed by atoms with E-state index in [4.69, 9.17) is 11.1 Å². The van der Waals surface area contributed by atoms with Crippen LogP contribution in [-0.2, 0) is 4.57 Å². The van der Waals surface area contributed by atoms with E-state index in [1.165, 1.54) is 12.1 Å². The van der Waals surface area contributed by atoms with Crippen LogP contribution in [0.25, 0.3) is 20.9 Å². The number of aryl methyl sites for hydroxylation is 1. The van der Waals surface area contributed by atoms with Crippen LogP contribution in [0.3, 0.4) is 0 Å². The van der Waals surface area contributed by atoms with Gasteiger partial charge in [0.05, 0.1) is 0 Å². The molecule has 0 heterocycles. The Hall–Kier alpha value is -1.93. The van der Waals surface area contributed by atoms with Gasteiger partial charge in [0.25, 0.3) is 7.44 Å². The number of hydrogen-bond acceptors (Lipinski definition) is 1. The number of azide groups is 1. The lowest BCUT2D eigenvalue weighted by atomic mass is 10.2. The average molecular weight is 222 g/mol. The maximum Gasteiger partial charge on any atom is 0.285 e. The molecule has 0 fully saturated rings. The van der Waals surface area contributed by atoms with Gasteiger partial charge in [-0.15, -0.1) is 0 Å². The van der Waals surface area contributed by atoms with Gasteiger partial charge in [-0.05, 0) is 27.8 Å². The molecule has 7 nitrogen and oxygen atoms in total. The molecule has 1 rings (SSSR count). The smallest absolute Gasteiger partial charge is 0.285 e. The van der Waals surface area contributed by atoms with Crippen molar-refractivity contribution in [3.05, 3.63) is 50.7 Å². The third-order valence-electron chi connectivity index (χ3n) is 1.69. The van der Waals surface area contributed by atoms with Gasteiger partial charge in [0, 0.05) is 15.1 Å². The Bertz CT molecular complexity index is 475. The monoisotopic (exact) mass is 222 g/mol. The molecule has 0 N–H and O–H groups in total. The topological polar surface area (TPSA) is 115 Å². The minimum Gasteiger partial charge on any atom is -0.305 e. The largest absolute Gasteiger partial charge is 0.305 e. The molecule has 0 saturated carbocycles. The lowest BCUT2D eigenvalue weighted by Gasteiger charge is -2.04. The van der Waals surface area contributed by atoms with Crippen molar-refractivity contribution >= 4 is 12.7 Å². The predicted octanol–water partition coefficient (Wildman–Crippen LogP) is 3.43. The Morgan fingerprint density at radius 2 is 1.60 bits per heavy atom. The van der Waals surface area contributed by atoms with E-state index < -0.39 is 7.44 Å². The lowest BCUT2D eigenvalue weighted by Crippen LogP contribution is -1.99. The molecule has 0 radical (unpaired) electrons. The Labute approximate surface area is 85.5 Å². The number of benzene rings is 1. The summed E-state index contributed by atoms with van der Waals surface area (Å²) in [6.45, 7) is 1.86. The molecule has 1 aromatic carbocycles. The van der Waals surface area contributed by atoms with Crippen LogP contribution in [0, 0.1) is 6.92 Å². The van der Waals surface area contributed by atoms with Crippen molar-refractivity contribution in [1.29, 1.82) is 0 Å². The minimum absolute atomic E-state index is 0.226. The second-order valence-electron chi connectivity index (χ2n) is 2.74. The van der Waals surface area contributed by atoms with Crippen LogP contribution in [0.5, 0.6) is 0 Å². The average Bonchev–Trinajstić information content (AvgIpc) is 2.19. The molecule has 0 saturated heterocycles. The molecule has 0 spiro atoms. The zero-order valence-corrected chi connectivity index (χ0v) is 8.74. The highest BCUT2D eigenvalue weighted by atomic mass is 31.2. The first kappa shape index (κ1) is 11.1. The summed E-state index contributed by atoms with van der Waals surface area (Å²) in [5.41, 5.74) is 17.5. The summed E-state index contributed by atoms with van der Waals surface area (Å²) in [4.78, 5) is 11.0. The van der Waals surface area contributed by atoms with Crippen LogP contribution in [0.15, 0.2) is 34.0 Å². The summed E-state index contributed by atoms with van der Waals surface area (Å²) in [6, 6.07) is 6.42. The van der Waals surface area contributed by atoms with Crippen molar-refractivity contribution in [2.24, 2.45) is 9.77 Å². The second-order valence-corrected chi connectivity index (χ2v) is 4.70. The van der Waals surface area contributed by atoms with E-state index in [0.29, 0.717) is 0 Å². The fourth-order valence-electron chi connectivity index (χ4n) is 0.969. The molecule has 0 unspecified atom stereocenters. The first-order chi connectivity index (χ1) is 7.12. The van der Waals surface area contributed by atoms with Crippen molar-refractivity contribution < 1.29 is 4.57 Å². The zero-order chi connectivity index (χ0) is 11.3. The van der Waals surface area contributed by atoms with E-state index in [-0.39, 0.29) is 5.30 Å². The molecule has 0 aromatic heterocycles. The minimum atomic E-state index is -3.67. The molecule has 0 aliphatic carbocycles. The molecule has 8 heteroatoms. The molecule has 0 aliphatic heterocycles. The molecular formula is C7H7N6OP. The number of rotatable bonds is 3. The van der Waals surface area contributed by atoms with E-state index in [2.05, 4.69) is 19.6 Å². The molecule has 0 atom stereocenters. The maximum absolute atomic E-state index is 11.9. The quantitative estimate of drug-likeness (QED) is 0.331. The van der Waals surface area contributed by atoms with E-state index in [1.54, 1.807) is 12.1 Å². The third-order valence-corrected chi connectivity index (χ3v) is 3.31. The highest BCUT2D eigenvalue weighted by molar-refractivity contribution is 7.68. The van der Waals surface area contributed by atoms with Crippen LogP contribution < -0.4 is 5.30 Å². The normalized spacial score (nSPS) is 13.1. The van der Waals surface area contributed by atoms with E-state index in [9.17, 15) is 4.57 Å². The van der Waals surface area contributed by atoms with Crippen molar-refractivity contribution in [1.82, 2.24) is 0 Å². The highest BCUT2D eigenvalue weighted by Crippen LogP contribution is 2.48. The first-order valence-corrected chi connectivity index (χ1v) is 5.54. The first-order valence-electron chi connectivity index (χ1n) is 3.93. The van der Waals surface area contributed by atoms with E-state index in [1.807, 2.05) is 6.92 Å². The number of nitrogens with zero attached hydrogens (tertiary/aromatic N) is 6. The van der Waals surface area contributed by atoms with Crippen LogP contribution >= 0.6 is 7.44 Å². The maximum atomic E-state index is 11.9. The molecule has 1 aromatic rings. The van der Waals surface area contributed by atoms with Gasteiger partial charge in [0.2, 0.25) is 0 Å². The SMILES string of the molecule is Cc1ccc(P(=O)(N=[N+]=[N-])N=[N+]=[N-])cc1. The summed E-state index contributed by atoms with van der Waals surface area (Å²) in [7, 11) is -3.67. The summed E-state index contributed by atoms with van der Waals surface area (Å²) in [6.07, 6.45) is 0. The Balaban J connectivity index is 3.33. The second kappa shape index (κ2) is 4.53. The molecule has 0 aliphatic rings.